The van der Waals surface area contributed by atoms with Crippen LogP contribution in [-0.4, -0.2) is 78.4 Å². The van der Waals surface area contributed by atoms with Crippen LogP contribution in [0.4, 0.5) is 0 Å². The molecule has 0 aliphatic heterocycles. The Kier molecular flexibility index (Phi) is 5.62. The quantitative estimate of drug-likeness (QED) is 0.302. The molecule has 7 N–H and O–H groups in total. The van der Waals surface area contributed by atoms with E-state index in [9.17, 15) is 45.0 Å². The van der Waals surface area contributed by atoms with E-state index in [0.717, 1.165) is 0 Å². The molecule has 1 amide bonds. The number of carbonyl (C=O) groups excluding carboxylic acids is 1. The molecule has 1 aliphatic carbocycles. The van der Waals surface area contributed by atoms with Crippen LogP contribution >= 0.6 is 0 Å². The SMILES string of the molecule is O=C(NC(C(=O)O)C1[C@@H](O)C(O)[C@H](O)CC1(O)C(=O)O)c1ccccc1. The number of aliphatic hydroxyl groups is 4. The first-order valence-corrected chi connectivity index (χ1v) is 7.68. The maximum absolute atomic E-state index is 12.2. The van der Waals surface area contributed by atoms with Crippen LogP contribution in [0.5, 0.6) is 0 Å². The predicted octanol–water partition coefficient (Wildman–Crippen LogP) is -2.21. The van der Waals surface area contributed by atoms with Gasteiger partial charge in [-0.3, -0.25) is 4.79 Å². The summed E-state index contributed by atoms with van der Waals surface area (Å²) in [7, 11) is 0. The van der Waals surface area contributed by atoms with E-state index < -0.39 is 60.1 Å². The fourth-order valence-electron chi connectivity index (χ4n) is 3.12. The molecular formula is C16H19NO9. The van der Waals surface area contributed by atoms with E-state index in [1.54, 1.807) is 6.07 Å². The monoisotopic (exact) mass is 369 g/mol. The number of nitrogens with one attached hydrogen (secondary N) is 1. The summed E-state index contributed by atoms with van der Waals surface area (Å²) in [6, 6.07) is 5.39. The molecule has 6 atom stereocenters. The molecule has 1 aromatic carbocycles. The second kappa shape index (κ2) is 7.38. The summed E-state index contributed by atoms with van der Waals surface area (Å²) in [5.74, 6) is -6.50. The number of hydrogen-bond donors (Lipinski definition) is 7. The summed E-state index contributed by atoms with van der Waals surface area (Å²) >= 11 is 0. The Bertz CT molecular complexity index is 694. The third-order valence-electron chi connectivity index (χ3n) is 4.50. The van der Waals surface area contributed by atoms with Crippen LogP contribution in [0.25, 0.3) is 0 Å². The van der Waals surface area contributed by atoms with Gasteiger partial charge in [-0.15, -0.1) is 0 Å². The van der Waals surface area contributed by atoms with Gasteiger partial charge in [0.1, 0.15) is 12.1 Å². The molecule has 1 saturated carbocycles. The number of carboxylic acids is 2. The Morgan fingerprint density at radius 3 is 2.12 bits per heavy atom. The zero-order valence-electron chi connectivity index (χ0n) is 13.4. The third kappa shape index (κ3) is 3.53. The van der Waals surface area contributed by atoms with Gasteiger partial charge in [0.05, 0.1) is 18.1 Å². The highest BCUT2D eigenvalue weighted by molar-refractivity contribution is 5.97. The van der Waals surface area contributed by atoms with Gasteiger partial charge >= 0.3 is 11.9 Å². The molecule has 0 spiro atoms. The Hall–Kier alpha value is -2.53. The van der Waals surface area contributed by atoms with Gasteiger partial charge in [0.15, 0.2) is 5.60 Å². The predicted molar refractivity (Wildman–Crippen MR) is 84.0 cm³/mol. The van der Waals surface area contributed by atoms with Crippen LogP contribution in [-0.2, 0) is 9.59 Å². The Morgan fingerprint density at radius 1 is 1.04 bits per heavy atom. The smallest absolute Gasteiger partial charge is 0.336 e. The van der Waals surface area contributed by atoms with Gasteiger partial charge in [0, 0.05) is 12.0 Å². The summed E-state index contributed by atoms with van der Waals surface area (Å²) in [5.41, 5.74) is -2.81. The molecule has 0 bridgehead atoms. The molecule has 10 nitrogen and oxygen atoms in total. The minimum absolute atomic E-state index is 0.0727. The average Bonchev–Trinajstić information content (AvgIpc) is 2.59. The minimum Gasteiger partial charge on any atom is -0.480 e. The van der Waals surface area contributed by atoms with Gasteiger partial charge in [0.2, 0.25) is 0 Å². The highest BCUT2D eigenvalue weighted by Crippen LogP contribution is 2.37. The molecule has 1 aliphatic rings. The number of amides is 1. The molecule has 4 unspecified atom stereocenters. The molecule has 2 rings (SSSR count). The number of aliphatic carboxylic acids is 2. The van der Waals surface area contributed by atoms with Crippen molar-refractivity contribution in [1.29, 1.82) is 0 Å². The largest absolute Gasteiger partial charge is 0.480 e. The fraction of sp³-hybridized carbons (Fsp3) is 0.438. The molecule has 0 aromatic heterocycles. The van der Waals surface area contributed by atoms with E-state index in [4.69, 9.17) is 0 Å². The van der Waals surface area contributed by atoms with Crippen LogP contribution in [0.2, 0.25) is 0 Å². The van der Waals surface area contributed by atoms with Crippen molar-refractivity contribution in [2.24, 2.45) is 5.92 Å². The van der Waals surface area contributed by atoms with Crippen molar-refractivity contribution >= 4 is 17.8 Å². The zero-order valence-corrected chi connectivity index (χ0v) is 13.4. The van der Waals surface area contributed by atoms with E-state index in [1.807, 2.05) is 0 Å². The van der Waals surface area contributed by atoms with Gasteiger partial charge < -0.3 is 36.0 Å². The number of hydrogen-bond acceptors (Lipinski definition) is 7. The highest BCUT2D eigenvalue weighted by Gasteiger charge is 2.60. The number of rotatable bonds is 5. The molecule has 142 valence electrons. The average molecular weight is 369 g/mol. The number of carbonyl (C=O) groups is 3. The second-order valence-electron chi connectivity index (χ2n) is 6.16. The van der Waals surface area contributed by atoms with E-state index in [0.29, 0.717) is 0 Å². The Balaban J connectivity index is 2.40. The number of aliphatic hydroxyl groups excluding tert-OH is 3. The summed E-state index contributed by atoms with van der Waals surface area (Å²) < 4.78 is 0. The summed E-state index contributed by atoms with van der Waals surface area (Å²) in [5, 5.41) is 60.8. The lowest BCUT2D eigenvalue weighted by atomic mass is 9.67. The van der Waals surface area contributed by atoms with Gasteiger partial charge in [-0.05, 0) is 12.1 Å². The van der Waals surface area contributed by atoms with Crippen LogP contribution in [0.15, 0.2) is 30.3 Å². The van der Waals surface area contributed by atoms with Crippen molar-refractivity contribution in [2.75, 3.05) is 0 Å². The molecular weight excluding hydrogens is 350 g/mol. The van der Waals surface area contributed by atoms with E-state index in [-0.39, 0.29) is 5.56 Å². The Morgan fingerprint density at radius 2 is 1.62 bits per heavy atom. The first-order valence-electron chi connectivity index (χ1n) is 7.68. The van der Waals surface area contributed by atoms with Crippen molar-refractivity contribution in [3.63, 3.8) is 0 Å². The highest BCUT2D eigenvalue weighted by atomic mass is 16.4. The normalized spacial score (nSPS) is 32.5. The van der Waals surface area contributed by atoms with Crippen LogP contribution in [0.1, 0.15) is 16.8 Å². The molecule has 26 heavy (non-hydrogen) atoms. The lowest BCUT2D eigenvalue weighted by Gasteiger charge is -2.46. The van der Waals surface area contributed by atoms with Crippen molar-refractivity contribution in [1.82, 2.24) is 5.32 Å². The standard InChI is InChI=1S/C16H19NO9/c18-8-6-16(26,15(24)25)9(12(20)11(8)19)10(14(22)23)17-13(21)7-4-2-1-3-5-7/h1-5,8-12,18-20,26H,6H2,(H,17,21)(H,22,23)(H,24,25)/t8-,9?,10?,11?,12-,16?/m1/s1. The number of carboxylic acid groups (broad SMARTS) is 2. The summed E-state index contributed by atoms with van der Waals surface area (Å²) in [4.78, 5) is 35.4. The van der Waals surface area contributed by atoms with Crippen LogP contribution in [0, 0.1) is 5.92 Å². The molecule has 0 heterocycles. The van der Waals surface area contributed by atoms with Crippen molar-refractivity contribution < 1.29 is 45.0 Å². The van der Waals surface area contributed by atoms with Gasteiger partial charge in [-0.1, -0.05) is 18.2 Å². The van der Waals surface area contributed by atoms with Crippen molar-refractivity contribution in [3.8, 4) is 0 Å². The second-order valence-corrected chi connectivity index (χ2v) is 6.16. The fourth-order valence-corrected chi connectivity index (χ4v) is 3.12. The maximum Gasteiger partial charge on any atom is 0.336 e. The van der Waals surface area contributed by atoms with Crippen molar-refractivity contribution in [3.05, 3.63) is 35.9 Å². The van der Waals surface area contributed by atoms with Gasteiger partial charge in [0.25, 0.3) is 5.91 Å². The number of benzene rings is 1. The Labute approximate surface area is 147 Å². The lowest BCUT2D eigenvalue weighted by Crippen LogP contribution is -2.69. The lowest BCUT2D eigenvalue weighted by molar-refractivity contribution is -0.215. The molecule has 1 aromatic rings. The summed E-state index contributed by atoms with van der Waals surface area (Å²) in [6.45, 7) is 0. The molecule has 0 radical (unpaired) electrons. The van der Waals surface area contributed by atoms with Crippen LogP contribution in [0.3, 0.4) is 0 Å². The zero-order chi connectivity index (χ0) is 19.6. The first-order chi connectivity index (χ1) is 12.1. The van der Waals surface area contributed by atoms with Gasteiger partial charge in [-0.25, -0.2) is 9.59 Å². The molecule has 10 heteroatoms. The van der Waals surface area contributed by atoms with E-state index in [2.05, 4.69) is 5.32 Å². The van der Waals surface area contributed by atoms with Crippen molar-refractivity contribution in [2.45, 2.75) is 36.4 Å². The van der Waals surface area contributed by atoms with Gasteiger partial charge in [-0.2, -0.15) is 0 Å². The molecule has 0 saturated heterocycles. The molecule has 1 fully saturated rings. The minimum atomic E-state index is -2.88. The topological polar surface area (TPSA) is 185 Å². The van der Waals surface area contributed by atoms with E-state index in [1.165, 1.54) is 24.3 Å². The van der Waals surface area contributed by atoms with E-state index >= 15 is 0 Å². The summed E-state index contributed by atoms with van der Waals surface area (Å²) in [6.07, 6.45) is -6.72. The third-order valence-corrected chi connectivity index (χ3v) is 4.50. The maximum atomic E-state index is 12.2. The first kappa shape index (κ1) is 19.8. The van der Waals surface area contributed by atoms with Crippen LogP contribution < -0.4 is 5.32 Å².